The van der Waals surface area contributed by atoms with Crippen molar-refractivity contribution < 1.29 is 14.3 Å². The van der Waals surface area contributed by atoms with Crippen molar-refractivity contribution in [2.75, 3.05) is 38.3 Å². The second-order valence-corrected chi connectivity index (χ2v) is 8.33. The molecule has 1 atom stereocenters. The summed E-state index contributed by atoms with van der Waals surface area (Å²) in [6.45, 7) is 7.34. The lowest BCUT2D eigenvalue weighted by molar-refractivity contribution is -0.121. The minimum atomic E-state index is -0.0459. The van der Waals surface area contributed by atoms with Crippen LogP contribution >= 0.6 is 0 Å². The third kappa shape index (κ3) is 6.47. The third-order valence-electron chi connectivity index (χ3n) is 5.83. The quantitative estimate of drug-likeness (QED) is 0.542. The van der Waals surface area contributed by atoms with Crippen LogP contribution in [0.1, 0.15) is 45.1 Å². The lowest BCUT2D eigenvalue weighted by Crippen LogP contribution is -2.48. The fraction of sp³-hybridized carbons (Fsp3) is 0.500. The Labute approximate surface area is 187 Å². The first-order valence-corrected chi connectivity index (χ1v) is 11.5. The summed E-state index contributed by atoms with van der Waals surface area (Å²) in [4.78, 5) is 17.7. The van der Waals surface area contributed by atoms with E-state index >= 15 is 0 Å². The van der Waals surface area contributed by atoms with Crippen LogP contribution in [0, 0.1) is 0 Å². The zero-order valence-electron chi connectivity index (χ0n) is 19.2. The first-order chi connectivity index (χ1) is 15.1. The minimum Gasteiger partial charge on any atom is -0.493 e. The maximum absolute atomic E-state index is 13.3. The number of benzene rings is 2. The summed E-state index contributed by atoms with van der Waals surface area (Å²) in [6, 6.07) is 15.9. The molecule has 0 aliphatic carbocycles. The fourth-order valence-corrected chi connectivity index (χ4v) is 4.31. The van der Waals surface area contributed by atoms with Gasteiger partial charge < -0.3 is 19.3 Å². The van der Waals surface area contributed by atoms with Crippen molar-refractivity contribution in [3.63, 3.8) is 0 Å². The summed E-state index contributed by atoms with van der Waals surface area (Å²) < 4.78 is 11.4. The van der Waals surface area contributed by atoms with Crippen LogP contribution < -0.4 is 14.4 Å². The van der Waals surface area contributed by atoms with Crippen LogP contribution in [0.5, 0.6) is 11.5 Å². The zero-order chi connectivity index (χ0) is 22.1. The number of anilines is 1. The molecule has 3 rings (SSSR count). The molecule has 0 bridgehead atoms. The van der Waals surface area contributed by atoms with Gasteiger partial charge in [-0.3, -0.25) is 4.79 Å². The number of amides is 1. The van der Waals surface area contributed by atoms with Gasteiger partial charge in [-0.05, 0) is 69.1 Å². The topological polar surface area (TPSA) is 42.0 Å². The molecule has 0 radical (unpaired) electrons. The van der Waals surface area contributed by atoms with Gasteiger partial charge in [0.05, 0.1) is 7.11 Å². The molecule has 0 N–H and O–H groups in total. The molecule has 1 aliphatic rings. The predicted octanol–water partition coefficient (Wildman–Crippen LogP) is 4.93. The summed E-state index contributed by atoms with van der Waals surface area (Å²) in [7, 11) is 1.64. The molecular formula is C26H36N2O3. The van der Waals surface area contributed by atoms with Crippen molar-refractivity contribution in [3.8, 4) is 11.5 Å². The van der Waals surface area contributed by atoms with Crippen LogP contribution in [0.4, 0.5) is 5.69 Å². The smallest absolute Gasteiger partial charge is 0.265 e. The number of para-hydroxylation sites is 1. The molecule has 5 heteroatoms. The largest absolute Gasteiger partial charge is 0.493 e. The molecule has 1 fully saturated rings. The molecule has 1 unspecified atom stereocenters. The summed E-state index contributed by atoms with van der Waals surface area (Å²) >= 11 is 0. The molecule has 168 valence electrons. The molecular weight excluding hydrogens is 388 g/mol. The van der Waals surface area contributed by atoms with Crippen LogP contribution in [0.3, 0.4) is 0 Å². The average molecular weight is 425 g/mol. The second-order valence-electron chi connectivity index (χ2n) is 8.33. The maximum atomic E-state index is 13.3. The van der Waals surface area contributed by atoms with Crippen LogP contribution in [-0.4, -0.2) is 50.2 Å². The number of nitrogens with zero attached hydrogens (tertiary/aromatic N) is 2. The molecule has 31 heavy (non-hydrogen) atoms. The Morgan fingerprint density at radius 1 is 1.06 bits per heavy atom. The van der Waals surface area contributed by atoms with Crippen molar-refractivity contribution in [1.82, 2.24) is 4.90 Å². The molecule has 1 saturated heterocycles. The van der Waals surface area contributed by atoms with E-state index in [4.69, 9.17) is 9.47 Å². The normalized spacial score (nSPS) is 15.3. The lowest BCUT2D eigenvalue weighted by Gasteiger charge is -2.35. The van der Waals surface area contributed by atoms with E-state index in [1.54, 1.807) is 7.11 Å². The van der Waals surface area contributed by atoms with Gasteiger partial charge in [0.25, 0.3) is 5.91 Å². The van der Waals surface area contributed by atoms with Crippen LogP contribution in [0.2, 0.25) is 0 Å². The van der Waals surface area contributed by atoms with Gasteiger partial charge in [-0.1, -0.05) is 44.0 Å². The number of piperidine rings is 1. The Morgan fingerprint density at radius 3 is 2.48 bits per heavy atom. The SMILES string of the molecule is CCCc1ccc(OCC(=O)N(c2ccccc2)C(C)CN2CCCCC2)c(OC)c1. The van der Waals surface area contributed by atoms with Gasteiger partial charge in [0.1, 0.15) is 0 Å². The minimum absolute atomic E-state index is 0.0251. The standard InChI is InChI=1S/C26H36N2O3/c1-4-11-22-14-15-24(25(18-22)30-3)31-20-26(29)28(23-12-7-5-8-13-23)21(2)19-27-16-9-6-10-17-27/h5,7-8,12-15,18,21H,4,6,9-11,16-17,19-20H2,1-3H3. The number of hydrogen-bond acceptors (Lipinski definition) is 4. The van der Waals surface area contributed by atoms with E-state index in [2.05, 4.69) is 18.7 Å². The highest BCUT2D eigenvalue weighted by atomic mass is 16.5. The molecule has 0 spiro atoms. The molecule has 0 aromatic heterocycles. The molecule has 5 nitrogen and oxygen atoms in total. The Bertz CT molecular complexity index is 819. The van der Waals surface area contributed by atoms with E-state index in [1.807, 2.05) is 53.4 Å². The summed E-state index contributed by atoms with van der Waals surface area (Å²) in [6.07, 6.45) is 5.85. The second kappa shape index (κ2) is 11.8. The van der Waals surface area contributed by atoms with E-state index in [1.165, 1.54) is 24.8 Å². The highest BCUT2D eigenvalue weighted by Crippen LogP contribution is 2.29. The molecule has 2 aromatic rings. The number of ether oxygens (including phenoxy) is 2. The number of hydrogen-bond donors (Lipinski definition) is 0. The summed E-state index contributed by atoms with van der Waals surface area (Å²) in [5, 5.41) is 0. The van der Waals surface area contributed by atoms with E-state index in [9.17, 15) is 4.79 Å². The predicted molar refractivity (Wildman–Crippen MR) is 126 cm³/mol. The maximum Gasteiger partial charge on any atom is 0.265 e. The van der Waals surface area contributed by atoms with E-state index in [0.29, 0.717) is 11.5 Å². The van der Waals surface area contributed by atoms with Gasteiger partial charge in [0, 0.05) is 18.3 Å². The van der Waals surface area contributed by atoms with Gasteiger partial charge in [-0.25, -0.2) is 0 Å². The van der Waals surface area contributed by atoms with Gasteiger partial charge in [-0.15, -0.1) is 0 Å². The van der Waals surface area contributed by atoms with E-state index in [-0.39, 0.29) is 18.6 Å². The van der Waals surface area contributed by atoms with Gasteiger partial charge in [0.15, 0.2) is 18.1 Å². The first-order valence-electron chi connectivity index (χ1n) is 11.5. The van der Waals surface area contributed by atoms with Crippen LogP contribution in [0.25, 0.3) is 0 Å². The Morgan fingerprint density at radius 2 is 1.81 bits per heavy atom. The molecule has 1 heterocycles. The number of carbonyl (C=O) groups excluding carboxylic acids is 1. The molecule has 2 aromatic carbocycles. The number of likely N-dealkylation sites (tertiary alicyclic amines) is 1. The Kier molecular flexibility index (Phi) is 8.77. The highest BCUT2D eigenvalue weighted by molar-refractivity contribution is 5.95. The molecule has 1 amide bonds. The summed E-state index contributed by atoms with van der Waals surface area (Å²) in [5.74, 6) is 1.23. The van der Waals surface area contributed by atoms with Crippen molar-refractivity contribution in [2.24, 2.45) is 0 Å². The van der Waals surface area contributed by atoms with Crippen molar-refractivity contribution in [3.05, 3.63) is 54.1 Å². The van der Waals surface area contributed by atoms with Crippen LogP contribution in [0.15, 0.2) is 48.5 Å². The lowest BCUT2D eigenvalue weighted by atomic mass is 10.1. The monoisotopic (exact) mass is 424 g/mol. The van der Waals surface area contributed by atoms with Crippen molar-refractivity contribution >= 4 is 11.6 Å². The van der Waals surface area contributed by atoms with Crippen molar-refractivity contribution in [2.45, 2.75) is 52.0 Å². The number of rotatable bonds is 10. The number of aryl methyl sites for hydroxylation is 1. The van der Waals surface area contributed by atoms with Crippen molar-refractivity contribution in [1.29, 1.82) is 0 Å². The van der Waals surface area contributed by atoms with Gasteiger partial charge in [0.2, 0.25) is 0 Å². The van der Waals surface area contributed by atoms with Gasteiger partial charge in [-0.2, -0.15) is 0 Å². The zero-order valence-corrected chi connectivity index (χ0v) is 19.2. The van der Waals surface area contributed by atoms with Gasteiger partial charge >= 0.3 is 0 Å². The fourth-order valence-electron chi connectivity index (χ4n) is 4.31. The Balaban J connectivity index is 1.71. The summed E-state index contributed by atoms with van der Waals surface area (Å²) in [5.41, 5.74) is 2.12. The molecule has 0 saturated carbocycles. The Hall–Kier alpha value is -2.53. The van der Waals surface area contributed by atoms with Crippen LogP contribution in [-0.2, 0) is 11.2 Å². The number of carbonyl (C=O) groups is 1. The first kappa shape index (κ1) is 23.1. The third-order valence-corrected chi connectivity index (χ3v) is 5.83. The van der Waals surface area contributed by atoms with E-state index < -0.39 is 0 Å². The molecule has 1 aliphatic heterocycles. The number of methoxy groups -OCH3 is 1. The highest BCUT2D eigenvalue weighted by Gasteiger charge is 2.25. The van der Waals surface area contributed by atoms with E-state index in [0.717, 1.165) is 38.2 Å². The average Bonchev–Trinajstić information content (AvgIpc) is 2.80.